The zero-order valence-electron chi connectivity index (χ0n) is 13.8. The van der Waals surface area contributed by atoms with E-state index in [-0.39, 0.29) is 11.9 Å². The molecule has 0 unspecified atom stereocenters. The van der Waals surface area contributed by atoms with E-state index in [1.54, 1.807) is 18.9 Å². The second-order valence-corrected chi connectivity index (χ2v) is 6.34. The minimum absolute atomic E-state index is 0.0879. The van der Waals surface area contributed by atoms with E-state index in [0.717, 1.165) is 17.7 Å². The molecule has 122 valence electrons. The lowest BCUT2D eigenvalue weighted by Crippen LogP contribution is -2.33. The van der Waals surface area contributed by atoms with Gasteiger partial charge in [-0.05, 0) is 49.8 Å². The number of thioether (sulfide) groups is 1. The quantitative estimate of drug-likeness (QED) is 0.775. The molecule has 0 spiro atoms. The largest absolute Gasteiger partial charge is 0.496 e. The molecule has 2 aromatic rings. The Bertz CT molecular complexity index is 643. The molecule has 0 bridgehead atoms. The van der Waals surface area contributed by atoms with Crippen LogP contribution in [0.4, 0.5) is 0 Å². The van der Waals surface area contributed by atoms with Gasteiger partial charge >= 0.3 is 0 Å². The maximum Gasteiger partial charge on any atom is 0.255 e. The Hall–Kier alpha value is -1.94. The van der Waals surface area contributed by atoms with Gasteiger partial charge in [0.2, 0.25) is 0 Å². The molecule has 4 heteroatoms. The molecule has 0 aliphatic rings. The molecule has 0 saturated heterocycles. The van der Waals surface area contributed by atoms with Crippen molar-refractivity contribution in [3.63, 3.8) is 0 Å². The van der Waals surface area contributed by atoms with Crippen molar-refractivity contribution in [3.8, 4) is 5.75 Å². The number of ether oxygens (including phenoxy) is 1. The van der Waals surface area contributed by atoms with E-state index in [4.69, 9.17) is 4.74 Å². The normalized spacial score (nSPS) is 11.8. The molecule has 0 fully saturated rings. The second-order valence-electron chi connectivity index (χ2n) is 5.46. The van der Waals surface area contributed by atoms with Crippen LogP contribution >= 0.6 is 11.8 Å². The van der Waals surface area contributed by atoms with Crippen LogP contribution in [-0.4, -0.2) is 25.3 Å². The van der Waals surface area contributed by atoms with Crippen molar-refractivity contribution in [3.05, 3.63) is 59.7 Å². The summed E-state index contributed by atoms with van der Waals surface area (Å²) in [7, 11) is 1.59. The molecule has 23 heavy (non-hydrogen) atoms. The Labute approximate surface area is 142 Å². The first kappa shape index (κ1) is 17.4. The van der Waals surface area contributed by atoms with E-state index in [0.29, 0.717) is 11.3 Å². The van der Waals surface area contributed by atoms with Crippen molar-refractivity contribution >= 4 is 17.7 Å². The number of nitrogens with one attached hydrogen (secondary N) is 1. The molecule has 0 heterocycles. The first-order chi connectivity index (χ1) is 11.1. The predicted octanol–water partition coefficient (Wildman–Crippen LogP) is 4.17. The summed E-state index contributed by atoms with van der Waals surface area (Å²) in [5, 5.41) is 3.05. The third-order valence-electron chi connectivity index (χ3n) is 3.74. The summed E-state index contributed by atoms with van der Waals surface area (Å²) in [4.78, 5) is 13.5. The number of methoxy groups -OCH3 is 1. The van der Waals surface area contributed by atoms with Crippen LogP contribution in [0.25, 0.3) is 0 Å². The minimum atomic E-state index is -0.0879. The van der Waals surface area contributed by atoms with Crippen LogP contribution in [0.15, 0.2) is 53.4 Å². The summed E-state index contributed by atoms with van der Waals surface area (Å²) < 4.78 is 5.35. The molecule has 2 aromatic carbocycles. The molecule has 1 atom stereocenters. The van der Waals surface area contributed by atoms with Gasteiger partial charge in [0.05, 0.1) is 12.7 Å². The average molecular weight is 329 g/mol. The summed E-state index contributed by atoms with van der Waals surface area (Å²) in [6.07, 6.45) is 3.85. The first-order valence-corrected chi connectivity index (χ1v) is 8.93. The van der Waals surface area contributed by atoms with Crippen LogP contribution in [0.3, 0.4) is 0 Å². The van der Waals surface area contributed by atoms with Gasteiger partial charge in [0, 0.05) is 10.9 Å². The number of hydrogen-bond donors (Lipinski definition) is 1. The highest BCUT2D eigenvalue weighted by molar-refractivity contribution is 7.98. The summed E-state index contributed by atoms with van der Waals surface area (Å²) in [6.45, 7) is 2.03. The average Bonchev–Trinajstić information content (AvgIpc) is 2.60. The fraction of sp³-hybridized carbons (Fsp3) is 0.316. The van der Waals surface area contributed by atoms with Gasteiger partial charge < -0.3 is 10.1 Å². The van der Waals surface area contributed by atoms with Crippen LogP contribution in [0.1, 0.15) is 29.3 Å². The molecule has 0 aromatic heterocycles. The molecule has 2 rings (SSSR count). The Balaban J connectivity index is 1.95. The SMILES string of the molecule is COc1cc(SC)ccc1C(=O)N[C@@H](C)CCc1ccccc1. The van der Waals surface area contributed by atoms with Crippen molar-refractivity contribution in [1.82, 2.24) is 5.32 Å². The molecule has 1 N–H and O–H groups in total. The molecule has 0 aliphatic carbocycles. The van der Waals surface area contributed by atoms with Gasteiger partial charge in [-0.25, -0.2) is 0 Å². The van der Waals surface area contributed by atoms with Crippen molar-refractivity contribution in [1.29, 1.82) is 0 Å². The van der Waals surface area contributed by atoms with Crippen molar-refractivity contribution in [2.75, 3.05) is 13.4 Å². The number of rotatable bonds is 7. The van der Waals surface area contributed by atoms with E-state index in [9.17, 15) is 4.79 Å². The van der Waals surface area contributed by atoms with E-state index in [1.807, 2.05) is 49.6 Å². The van der Waals surface area contributed by atoms with Crippen LogP contribution < -0.4 is 10.1 Å². The lowest BCUT2D eigenvalue weighted by molar-refractivity contribution is 0.0935. The summed E-state index contributed by atoms with van der Waals surface area (Å²) >= 11 is 1.63. The Morgan fingerprint density at radius 3 is 2.61 bits per heavy atom. The lowest BCUT2D eigenvalue weighted by atomic mass is 10.1. The fourth-order valence-corrected chi connectivity index (χ4v) is 2.82. The molecule has 0 aliphatic heterocycles. The van der Waals surface area contributed by atoms with Crippen molar-refractivity contribution < 1.29 is 9.53 Å². The molecule has 1 amide bonds. The fourth-order valence-electron chi connectivity index (χ4n) is 2.39. The van der Waals surface area contributed by atoms with Crippen molar-refractivity contribution in [2.45, 2.75) is 30.7 Å². The number of carbonyl (C=O) groups excluding carboxylic acids is 1. The minimum Gasteiger partial charge on any atom is -0.496 e. The van der Waals surface area contributed by atoms with E-state index in [1.165, 1.54) is 5.56 Å². The Morgan fingerprint density at radius 1 is 1.22 bits per heavy atom. The maximum atomic E-state index is 12.4. The third kappa shape index (κ3) is 5.03. The second kappa shape index (κ2) is 8.63. The number of aryl methyl sites for hydroxylation is 1. The summed E-state index contributed by atoms with van der Waals surface area (Å²) in [5.41, 5.74) is 1.87. The van der Waals surface area contributed by atoms with E-state index < -0.39 is 0 Å². The number of hydrogen-bond acceptors (Lipinski definition) is 3. The first-order valence-electron chi connectivity index (χ1n) is 7.71. The van der Waals surface area contributed by atoms with Crippen LogP contribution in [0.5, 0.6) is 5.75 Å². The highest BCUT2D eigenvalue weighted by atomic mass is 32.2. The van der Waals surface area contributed by atoms with E-state index >= 15 is 0 Å². The number of carbonyl (C=O) groups is 1. The molecular weight excluding hydrogens is 306 g/mol. The van der Waals surface area contributed by atoms with Gasteiger partial charge in [0.25, 0.3) is 5.91 Å². The zero-order chi connectivity index (χ0) is 16.7. The topological polar surface area (TPSA) is 38.3 Å². The number of amides is 1. The van der Waals surface area contributed by atoms with Gasteiger partial charge in [-0.1, -0.05) is 30.3 Å². The molecule has 0 saturated carbocycles. The molecule has 3 nitrogen and oxygen atoms in total. The smallest absolute Gasteiger partial charge is 0.255 e. The van der Waals surface area contributed by atoms with Gasteiger partial charge in [-0.15, -0.1) is 11.8 Å². The summed E-state index contributed by atoms with van der Waals surface area (Å²) in [5.74, 6) is 0.527. The van der Waals surface area contributed by atoms with Gasteiger partial charge in [-0.2, -0.15) is 0 Å². The zero-order valence-corrected chi connectivity index (χ0v) is 14.7. The van der Waals surface area contributed by atoms with Crippen molar-refractivity contribution in [2.24, 2.45) is 0 Å². The molecular formula is C19H23NO2S. The van der Waals surface area contributed by atoms with Gasteiger partial charge in [0.15, 0.2) is 0 Å². The standard InChI is InChI=1S/C19H23NO2S/c1-14(9-10-15-7-5-4-6-8-15)20-19(21)17-12-11-16(23-3)13-18(17)22-2/h4-8,11-14H,9-10H2,1-3H3,(H,20,21)/t14-/m0/s1. The predicted molar refractivity (Wildman–Crippen MR) is 96.5 cm³/mol. The van der Waals surface area contributed by atoms with Crippen LogP contribution in [0, 0.1) is 0 Å². The van der Waals surface area contributed by atoms with Gasteiger partial charge in [0.1, 0.15) is 5.75 Å². The lowest BCUT2D eigenvalue weighted by Gasteiger charge is -2.16. The monoisotopic (exact) mass is 329 g/mol. The Morgan fingerprint density at radius 2 is 1.96 bits per heavy atom. The highest BCUT2D eigenvalue weighted by Crippen LogP contribution is 2.25. The summed E-state index contributed by atoms with van der Waals surface area (Å²) in [6, 6.07) is 16.1. The van der Waals surface area contributed by atoms with E-state index in [2.05, 4.69) is 17.4 Å². The number of benzene rings is 2. The third-order valence-corrected chi connectivity index (χ3v) is 4.47. The van der Waals surface area contributed by atoms with Crippen LogP contribution in [-0.2, 0) is 6.42 Å². The van der Waals surface area contributed by atoms with Crippen LogP contribution in [0.2, 0.25) is 0 Å². The molecule has 0 radical (unpaired) electrons. The van der Waals surface area contributed by atoms with Gasteiger partial charge in [-0.3, -0.25) is 4.79 Å². The maximum absolute atomic E-state index is 12.4. The highest BCUT2D eigenvalue weighted by Gasteiger charge is 2.15. The Kier molecular flexibility index (Phi) is 6.53.